The van der Waals surface area contributed by atoms with Gasteiger partial charge in [0.1, 0.15) is 10.6 Å². The van der Waals surface area contributed by atoms with Gasteiger partial charge in [-0.05, 0) is 17.6 Å². The zero-order chi connectivity index (χ0) is 15.1. The zero-order valence-electron chi connectivity index (χ0n) is 10.6. The predicted molar refractivity (Wildman–Crippen MR) is 66.2 cm³/mol. The number of hydrogen-bond donors (Lipinski definition) is 2. The number of nitro groups is 1. The summed E-state index contributed by atoms with van der Waals surface area (Å²) in [5.74, 6) is -0.984. The molecule has 0 saturated heterocycles. The Hall–Kier alpha value is -3.04. The predicted octanol–water partition coefficient (Wildman–Crippen LogP) is 1.04. The molecule has 1 aliphatic carbocycles. The first-order valence-electron chi connectivity index (χ1n) is 6.07. The highest BCUT2D eigenvalue weighted by atomic mass is 16.6. The van der Waals surface area contributed by atoms with E-state index in [4.69, 9.17) is 9.62 Å². The van der Waals surface area contributed by atoms with Gasteiger partial charge in [-0.3, -0.25) is 10.1 Å². The molecule has 0 amide bonds. The van der Waals surface area contributed by atoms with Gasteiger partial charge in [0.05, 0.1) is 6.07 Å². The Morgan fingerprint density at radius 3 is 2.81 bits per heavy atom. The van der Waals surface area contributed by atoms with Gasteiger partial charge >= 0.3 is 11.7 Å². The van der Waals surface area contributed by atoms with Crippen molar-refractivity contribution in [1.82, 2.24) is 4.73 Å². The molecule has 2 aromatic heterocycles. The molecule has 0 saturated carbocycles. The monoisotopic (exact) mass is 294 g/mol. The van der Waals surface area contributed by atoms with Crippen molar-refractivity contribution in [2.45, 2.75) is 19.3 Å². The minimum absolute atomic E-state index is 0.0906. The van der Waals surface area contributed by atoms with E-state index < -0.39 is 10.8 Å². The van der Waals surface area contributed by atoms with E-state index in [0.717, 1.165) is 6.07 Å². The van der Waals surface area contributed by atoms with Crippen LogP contribution in [0.4, 0.5) is 5.88 Å². The second-order valence-electron chi connectivity index (χ2n) is 4.52. The third-order valence-corrected chi connectivity index (χ3v) is 3.34. The summed E-state index contributed by atoms with van der Waals surface area (Å²) in [5, 5.41) is 45.0. The number of oxime groups is 1. The molecule has 0 bridgehead atoms. The van der Waals surface area contributed by atoms with Gasteiger partial charge in [0.2, 0.25) is 11.5 Å². The van der Waals surface area contributed by atoms with Crippen LogP contribution in [0.1, 0.15) is 24.2 Å². The summed E-state index contributed by atoms with van der Waals surface area (Å²) in [6.07, 6.45) is 1.39. The average molecular weight is 294 g/mol. The van der Waals surface area contributed by atoms with E-state index in [1.807, 2.05) is 0 Å². The Bertz CT molecular complexity index is 759. The number of fused-ring (bicyclic) bond motifs is 1. The van der Waals surface area contributed by atoms with Crippen LogP contribution in [-0.2, 0) is 6.42 Å². The van der Waals surface area contributed by atoms with Gasteiger partial charge in [-0.15, -0.1) is 0 Å². The molecule has 10 heteroatoms. The fourth-order valence-corrected chi connectivity index (χ4v) is 2.44. The maximum absolute atomic E-state index is 12.2. The van der Waals surface area contributed by atoms with Crippen LogP contribution in [0.5, 0.6) is 0 Å². The highest BCUT2D eigenvalue weighted by molar-refractivity contribution is 6.00. The molecule has 3 rings (SSSR count). The number of aromatic nitrogens is 2. The lowest BCUT2D eigenvalue weighted by molar-refractivity contribution is -0.603. The van der Waals surface area contributed by atoms with Crippen molar-refractivity contribution in [1.29, 1.82) is 0 Å². The third-order valence-electron chi connectivity index (χ3n) is 3.34. The van der Waals surface area contributed by atoms with E-state index in [2.05, 4.69) is 5.16 Å². The van der Waals surface area contributed by atoms with Gasteiger partial charge in [-0.1, -0.05) is 5.16 Å². The normalized spacial score (nSPS) is 16.1. The number of furan rings is 1. The Morgan fingerprint density at radius 2 is 2.19 bits per heavy atom. The molecular formula is C11H10N4O6. The molecule has 2 heterocycles. The van der Waals surface area contributed by atoms with Crippen LogP contribution in [0.25, 0.3) is 11.6 Å². The van der Waals surface area contributed by atoms with Gasteiger partial charge in [0.15, 0.2) is 5.69 Å². The van der Waals surface area contributed by atoms with Crippen molar-refractivity contribution in [2.75, 3.05) is 0 Å². The van der Waals surface area contributed by atoms with Gasteiger partial charge in [0, 0.05) is 12.5 Å². The number of nitrogens with zero attached hydrogens (tertiary/aromatic N) is 4. The molecule has 1 aliphatic rings. The lowest BCUT2D eigenvalue weighted by atomic mass is 9.99. The van der Waals surface area contributed by atoms with Crippen molar-refractivity contribution < 1.29 is 24.5 Å². The lowest BCUT2D eigenvalue weighted by Gasteiger charge is -2.10. The summed E-state index contributed by atoms with van der Waals surface area (Å²) in [7, 11) is 0. The number of imidazole rings is 1. The molecule has 0 aliphatic heterocycles. The lowest BCUT2D eigenvalue weighted by Crippen LogP contribution is -2.33. The standard InChI is InChI=1S/C11H10N4O6/c16-12-6-2-1-3-7-10(6)14(18)11(13(7)17)8-4-5-9(21-8)15(19)20/h4-5,16,18H,1-3H2/b12-6+. The first-order chi connectivity index (χ1) is 10.0. The van der Waals surface area contributed by atoms with Gasteiger partial charge in [-0.2, -0.15) is 0 Å². The smallest absolute Gasteiger partial charge is 0.433 e. The van der Waals surface area contributed by atoms with Crippen LogP contribution in [0, 0.1) is 15.3 Å². The molecule has 0 unspecified atom stereocenters. The van der Waals surface area contributed by atoms with Crippen molar-refractivity contribution in [3.63, 3.8) is 0 Å². The summed E-state index contributed by atoms with van der Waals surface area (Å²) in [6, 6.07) is 2.30. The van der Waals surface area contributed by atoms with E-state index in [-0.39, 0.29) is 28.7 Å². The summed E-state index contributed by atoms with van der Waals surface area (Å²) in [4.78, 5) is 9.87. The highest BCUT2D eigenvalue weighted by Gasteiger charge is 2.37. The molecule has 110 valence electrons. The van der Waals surface area contributed by atoms with Crippen molar-refractivity contribution in [3.05, 3.63) is 38.8 Å². The van der Waals surface area contributed by atoms with E-state index >= 15 is 0 Å². The average Bonchev–Trinajstić information content (AvgIpc) is 3.04. The van der Waals surface area contributed by atoms with Crippen LogP contribution < -0.4 is 4.73 Å². The van der Waals surface area contributed by atoms with E-state index in [1.54, 1.807) is 0 Å². The minimum Gasteiger partial charge on any atom is -0.710 e. The summed E-state index contributed by atoms with van der Waals surface area (Å²) in [6.45, 7) is 0. The summed E-state index contributed by atoms with van der Waals surface area (Å²) in [5.41, 5.74) is 0.495. The molecular weight excluding hydrogens is 284 g/mol. The van der Waals surface area contributed by atoms with Crippen LogP contribution in [0.3, 0.4) is 0 Å². The molecule has 0 fully saturated rings. The molecule has 0 atom stereocenters. The Balaban J connectivity index is 2.20. The summed E-state index contributed by atoms with van der Waals surface area (Å²) >= 11 is 0. The van der Waals surface area contributed by atoms with Gasteiger partial charge in [-0.25, -0.2) is 4.73 Å². The van der Waals surface area contributed by atoms with Crippen LogP contribution >= 0.6 is 0 Å². The molecule has 0 spiro atoms. The van der Waals surface area contributed by atoms with Gasteiger partial charge < -0.3 is 20.0 Å². The molecule has 0 radical (unpaired) electrons. The molecule has 0 aromatic carbocycles. The Labute approximate surface area is 116 Å². The molecule has 2 aromatic rings. The largest absolute Gasteiger partial charge is 0.710 e. The van der Waals surface area contributed by atoms with Crippen molar-refractivity contribution >= 4 is 11.6 Å². The zero-order valence-corrected chi connectivity index (χ0v) is 10.6. The van der Waals surface area contributed by atoms with E-state index in [0.29, 0.717) is 28.7 Å². The van der Waals surface area contributed by atoms with E-state index in [1.165, 1.54) is 6.07 Å². The van der Waals surface area contributed by atoms with E-state index in [9.17, 15) is 20.5 Å². The van der Waals surface area contributed by atoms with Crippen molar-refractivity contribution in [2.24, 2.45) is 5.16 Å². The Kier molecular flexibility index (Phi) is 2.78. The highest BCUT2D eigenvalue weighted by Crippen LogP contribution is 2.28. The van der Waals surface area contributed by atoms with Gasteiger partial charge in [0.25, 0.3) is 0 Å². The Morgan fingerprint density at radius 1 is 1.43 bits per heavy atom. The van der Waals surface area contributed by atoms with Crippen LogP contribution in [0.2, 0.25) is 0 Å². The molecule has 21 heavy (non-hydrogen) atoms. The topological polar surface area (TPSA) is 141 Å². The molecule has 10 nitrogen and oxygen atoms in total. The van der Waals surface area contributed by atoms with Crippen LogP contribution in [0.15, 0.2) is 21.7 Å². The first kappa shape index (κ1) is 13.0. The quantitative estimate of drug-likeness (QED) is 0.212. The fraction of sp³-hybridized carbons (Fsp3) is 0.273. The van der Waals surface area contributed by atoms with Crippen LogP contribution in [-0.4, -0.2) is 25.8 Å². The van der Waals surface area contributed by atoms with Crippen molar-refractivity contribution in [3.8, 4) is 11.6 Å². The number of rotatable bonds is 2. The second kappa shape index (κ2) is 4.51. The maximum atomic E-state index is 12.2. The fourth-order valence-electron chi connectivity index (χ4n) is 2.44. The maximum Gasteiger partial charge on any atom is 0.433 e. The second-order valence-corrected chi connectivity index (χ2v) is 4.52. The summed E-state index contributed by atoms with van der Waals surface area (Å²) < 4.78 is 5.91. The molecule has 2 N–H and O–H groups in total. The minimum atomic E-state index is -0.746. The first-order valence-corrected chi connectivity index (χ1v) is 6.07. The third kappa shape index (κ3) is 1.80. The number of hydrogen-bond acceptors (Lipinski definition) is 7. The SMILES string of the molecule is O=[N+]([O-])c1ccc(-c2n(O)c3c([n+]2[O-])CCC/C3=N\O)o1.